The van der Waals surface area contributed by atoms with Gasteiger partial charge < -0.3 is 10.1 Å². The predicted molar refractivity (Wildman–Crippen MR) is 78.9 cm³/mol. The SMILES string of the molecule is CCOc1ccccc1NC(=O)c1nnc2ncnn2c1C. The van der Waals surface area contributed by atoms with Crippen LogP contribution in [0.5, 0.6) is 5.75 Å². The normalized spacial score (nSPS) is 10.6. The van der Waals surface area contributed by atoms with Gasteiger partial charge in [0.15, 0.2) is 5.69 Å². The zero-order valence-corrected chi connectivity index (χ0v) is 12.1. The minimum absolute atomic E-state index is 0.185. The summed E-state index contributed by atoms with van der Waals surface area (Å²) < 4.78 is 6.95. The Labute approximate surface area is 126 Å². The van der Waals surface area contributed by atoms with E-state index in [1.54, 1.807) is 19.1 Å². The monoisotopic (exact) mass is 298 g/mol. The van der Waals surface area contributed by atoms with Gasteiger partial charge in [0.05, 0.1) is 18.0 Å². The Bertz CT molecular complexity index is 829. The molecule has 8 nitrogen and oxygen atoms in total. The van der Waals surface area contributed by atoms with E-state index in [1.165, 1.54) is 10.8 Å². The molecule has 3 rings (SSSR count). The summed E-state index contributed by atoms with van der Waals surface area (Å²) in [6.07, 6.45) is 1.36. The Morgan fingerprint density at radius 2 is 2.14 bits per heavy atom. The van der Waals surface area contributed by atoms with Crippen LogP contribution in [0.3, 0.4) is 0 Å². The molecule has 3 aromatic rings. The molecule has 1 N–H and O–H groups in total. The van der Waals surface area contributed by atoms with Crippen LogP contribution in [0, 0.1) is 6.92 Å². The summed E-state index contributed by atoms with van der Waals surface area (Å²) in [6.45, 7) is 4.13. The third kappa shape index (κ3) is 2.46. The minimum atomic E-state index is -0.380. The van der Waals surface area contributed by atoms with Gasteiger partial charge in [-0.05, 0) is 26.0 Å². The molecule has 0 aliphatic rings. The molecule has 0 spiro atoms. The molecule has 1 amide bonds. The number of benzene rings is 1. The van der Waals surface area contributed by atoms with Crippen molar-refractivity contribution >= 4 is 17.4 Å². The van der Waals surface area contributed by atoms with Crippen molar-refractivity contribution in [3.8, 4) is 5.75 Å². The van der Waals surface area contributed by atoms with E-state index in [1.807, 2.05) is 19.1 Å². The summed E-state index contributed by atoms with van der Waals surface area (Å²) in [5.41, 5.74) is 1.33. The number of nitrogens with one attached hydrogen (secondary N) is 1. The highest BCUT2D eigenvalue weighted by molar-refractivity contribution is 6.04. The predicted octanol–water partition coefficient (Wildman–Crippen LogP) is 1.48. The van der Waals surface area contributed by atoms with E-state index in [-0.39, 0.29) is 11.6 Å². The number of carbonyl (C=O) groups is 1. The summed E-state index contributed by atoms with van der Waals surface area (Å²) in [7, 11) is 0. The molecular formula is C14H14N6O2. The molecule has 0 aliphatic carbocycles. The Kier molecular flexibility index (Phi) is 3.65. The van der Waals surface area contributed by atoms with Crippen LogP contribution in [0.2, 0.25) is 0 Å². The first kappa shape index (κ1) is 13.9. The summed E-state index contributed by atoms with van der Waals surface area (Å²) in [5, 5.41) is 14.6. The summed E-state index contributed by atoms with van der Waals surface area (Å²) in [5.74, 6) is 0.573. The first-order chi connectivity index (χ1) is 10.7. The number of amides is 1. The van der Waals surface area contributed by atoms with Crippen molar-refractivity contribution in [3.05, 3.63) is 42.0 Å². The third-order valence-electron chi connectivity index (χ3n) is 3.08. The lowest BCUT2D eigenvalue weighted by Gasteiger charge is -2.11. The van der Waals surface area contributed by atoms with Gasteiger partial charge in [0.25, 0.3) is 11.7 Å². The second-order valence-corrected chi connectivity index (χ2v) is 4.49. The smallest absolute Gasteiger partial charge is 0.278 e. The third-order valence-corrected chi connectivity index (χ3v) is 3.08. The molecule has 8 heteroatoms. The number of aryl methyl sites for hydroxylation is 1. The summed E-state index contributed by atoms with van der Waals surface area (Å²) in [6, 6.07) is 7.21. The minimum Gasteiger partial charge on any atom is -0.492 e. The van der Waals surface area contributed by atoms with Crippen LogP contribution in [0.1, 0.15) is 23.1 Å². The van der Waals surface area contributed by atoms with E-state index in [4.69, 9.17) is 4.74 Å². The number of hydrogen-bond acceptors (Lipinski definition) is 6. The molecule has 0 aliphatic heterocycles. The van der Waals surface area contributed by atoms with Crippen LogP contribution < -0.4 is 10.1 Å². The molecule has 0 saturated carbocycles. The van der Waals surface area contributed by atoms with Crippen molar-refractivity contribution in [1.29, 1.82) is 0 Å². The molecule has 0 radical (unpaired) electrons. The van der Waals surface area contributed by atoms with Gasteiger partial charge in [-0.3, -0.25) is 4.79 Å². The van der Waals surface area contributed by atoms with E-state index in [0.717, 1.165) is 0 Å². The van der Waals surface area contributed by atoms with Crippen molar-refractivity contribution in [1.82, 2.24) is 24.8 Å². The van der Waals surface area contributed by atoms with Gasteiger partial charge in [-0.1, -0.05) is 12.1 Å². The van der Waals surface area contributed by atoms with Gasteiger partial charge in [-0.15, -0.1) is 10.2 Å². The standard InChI is InChI=1S/C14H14N6O2/c1-3-22-11-7-5-4-6-10(11)17-13(21)12-9(2)20-14(19-18-12)15-8-16-20/h4-8H,3H2,1-2H3,(H,17,21). The fourth-order valence-corrected chi connectivity index (χ4v) is 2.05. The fraction of sp³-hybridized carbons (Fsp3) is 0.214. The first-order valence-electron chi connectivity index (χ1n) is 6.77. The molecule has 0 saturated heterocycles. The lowest BCUT2D eigenvalue weighted by Crippen LogP contribution is -2.19. The van der Waals surface area contributed by atoms with Gasteiger partial charge in [-0.2, -0.15) is 14.6 Å². The molecule has 1 aromatic carbocycles. The van der Waals surface area contributed by atoms with Gasteiger partial charge in [0, 0.05) is 0 Å². The molecule has 22 heavy (non-hydrogen) atoms. The number of fused-ring (bicyclic) bond motifs is 1. The zero-order valence-electron chi connectivity index (χ0n) is 12.1. The van der Waals surface area contributed by atoms with E-state index in [2.05, 4.69) is 25.6 Å². The summed E-state index contributed by atoms with van der Waals surface area (Å²) in [4.78, 5) is 16.4. The average molecular weight is 298 g/mol. The highest BCUT2D eigenvalue weighted by Crippen LogP contribution is 2.24. The second-order valence-electron chi connectivity index (χ2n) is 4.49. The molecule has 2 aromatic heterocycles. The van der Waals surface area contributed by atoms with E-state index in [0.29, 0.717) is 29.5 Å². The number of aromatic nitrogens is 5. The van der Waals surface area contributed by atoms with Crippen LogP contribution >= 0.6 is 0 Å². The highest BCUT2D eigenvalue weighted by atomic mass is 16.5. The quantitative estimate of drug-likeness (QED) is 0.784. The number of carbonyl (C=O) groups excluding carboxylic acids is 1. The van der Waals surface area contributed by atoms with Crippen LogP contribution in [0.4, 0.5) is 5.69 Å². The fourth-order valence-electron chi connectivity index (χ4n) is 2.05. The maximum Gasteiger partial charge on any atom is 0.278 e. The van der Waals surface area contributed by atoms with Crippen LogP contribution in [0.25, 0.3) is 5.78 Å². The van der Waals surface area contributed by atoms with Gasteiger partial charge in [0.1, 0.15) is 12.1 Å². The van der Waals surface area contributed by atoms with Crippen molar-refractivity contribution in [2.45, 2.75) is 13.8 Å². The summed E-state index contributed by atoms with van der Waals surface area (Å²) >= 11 is 0. The van der Waals surface area contributed by atoms with Crippen molar-refractivity contribution in [2.24, 2.45) is 0 Å². The second kappa shape index (κ2) is 5.76. The van der Waals surface area contributed by atoms with Crippen LogP contribution in [-0.4, -0.2) is 37.3 Å². The first-order valence-corrected chi connectivity index (χ1v) is 6.77. The van der Waals surface area contributed by atoms with Crippen molar-refractivity contribution in [2.75, 3.05) is 11.9 Å². The van der Waals surface area contributed by atoms with Crippen LogP contribution in [0.15, 0.2) is 30.6 Å². The molecule has 2 heterocycles. The number of rotatable bonds is 4. The Hall–Kier alpha value is -3.03. The topological polar surface area (TPSA) is 94.3 Å². The lowest BCUT2D eigenvalue weighted by molar-refractivity contribution is 0.101. The molecule has 0 fully saturated rings. The van der Waals surface area contributed by atoms with Gasteiger partial charge in [-0.25, -0.2) is 0 Å². The number of nitrogens with zero attached hydrogens (tertiary/aromatic N) is 5. The number of para-hydroxylation sites is 2. The van der Waals surface area contributed by atoms with Crippen molar-refractivity contribution < 1.29 is 9.53 Å². The number of ether oxygens (including phenoxy) is 1. The number of anilines is 1. The van der Waals surface area contributed by atoms with Gasteiger partial charge in [0.2, 0.25) is 0 Å². The zero-order chi connectivity index (χ0) is 15.5. The maximum absolute atomic E-state index is 12.4. The van der Waals surface area contributed by atoms with E-state index in [9.17, 15) is 4.79 Å². The Balaban J connectivity index is 1.92. The molecular weight excluding hydrogens is 284 g/mol. The van der Waals surface area contributed by atoms with E-state index >= 15 is 0 Å². The molecule has 112 valence electrons. The average Bonchev–Trinajstić information content (AvgIpc) is 2.99. The van der Waals surface area contributed by atoms with Crippen molar-refractivity contribution in [3.63, 3.8) is 0 Å². The molecule has 0 bridgehead atoms. The maximum atomic E-state index is 12.4. The Morgan fingerprint density at radius 1 is 1.32 bits per heavy atom. The number of hydrogen-bond donors (Lipinski definition) is 1. The molecule has 0 atom stereocenters. The highest BCUT2D eigenvalue weighted by Gasteiger charge is 2.17. The largest absolute Gasteiger partial charge is 0.492 e. The Morgan fingerprint density at radius 3 is 2.95 bits per heavy atom. The van der Waals surface area contributed by atoms with Gasteiger partial charge >= 0.3 is 0 Å². The van der Waals surface area contributed by atoms with E-state index < -0.39 is 0 Å². The van der Waals surface area contributed by atoms with Crippen LogP contribution in [-0.2, 0) is 0 Å². The molecule has 0 unspecified atom stereocenters. The lowest BCUT2D eigenvalue weighted by atomic mass is 10.2.